The summed E-state index contributed by atoms with van der Waals surface area (Å²) < 4.78 is 5.62. The summed E-state index contributed by atoms with van der Waals surface area (Å²) in [6.45, 7) is 9.99. The Balaban J connectivity index is 1.58. The second-order valence-corrected chi connectivity index (χ2v) is 8.32. The molecular weight excluding hydrogens is 374 g/mol. The van der Waals surface area contributed by atoms with E-state index in [0.717, 1.165) is 39.1 Å². The molecule has 2 unspecified atom stereocenters. The highest BCUT2D eigenvalue weighted by atomic mass is 16.5. The maximum Gasteiger partial charge on any atom is 0.407 e. The molecule has 0 aromatic heterocycles. The third-order valence-electron chi connectivity index (χ3n) is 5.86. The molecule has 1 saturated heterocycles. The lowest BCUT2D eigenvalue weighted by Crippen LogP contribution is -2.54. The van der Waals surface area contributed by atoms with Gasteiger partial charge in [-0.15, -0.1) is 0 Å². The summed E-state index contributed by atoms with van der Waals surface area (Å²) in [5.74, 6) is 0.461. The van der Waals surface area contributed by atoms with Crippen molar-refractivity contribution in [1.29, 1.82) is 0 Å². The molecule has 0 aliphatic carbocycles. The number of hydrogen-bond acceptors (Lipinski definition) is 4. The van der Waals surface area contributed by atoms with Gasteiger partial charge in [-0.1, -0.05) is 80.9 Å². The van der Waals surface area contributed by atoms with Gasteiger partial charge in [0.2, 0.25) is 0 Å². The normalized spacial score (nSPS) is 18.7. The molecule has 162 valence electrons. The first-order valence-electron chi connectivity index (χ1n) is 11.1. The molecule has 1 aliphatic heterocycles. The van der Waals surface area contributed by atoms with Crippen molar-refractivity contribution in [3.63, 3.8) is 0 Å². The van der Waals surface area contributed by atoms with Gasteiger partial charge in [-0.25, -0.2) is 4.79 Å². The monoisotopic (exact) mass is 409 g/mol. The number of amides is 1. The van der Waals surface area contributed by atoms with Crippen molar-refractivity contribution >= 4 is 6.09 Å². The molecule has 1 heterocycles. The summed E-state index contributed by atoms with van der Waals surface area (Å²) in [5, 5.41) is 2.90. The Morgan fingerprint density at radius 2 is 1.67 bits per heavy atom. The van der Waals surface area contributed by atoms with Crippen LogP contribution in [0.25, 0.3) is 0 Å². The van der Waals surface area contributed by atoms with Crippen molar-refractivity contribution in [2.24, 2.45) is 5.92 Å². The number of nitrogens with zero attached hydrogens (tertiary/aromatic N) is 2. The summed E-state index contributed by atoms with van der Waals surface area (Å²) in [6.07, 6.45) is 0.734. The highest BCUT2D eigenvalue weighted by Gasteiger charge is 2.28. The van der Waals surface area contributed by atoms with Gasteiger partial charge in [-0.3, -0.25) is 9.80 Å². The smallest absolute Gasteiger partial charge is 0.407 e. The van der Waals surface area contributed by atoms with Gasteiger partial charge in [0, 0.05) is 39.3 Å². The fourth-order valence-electron chi connectivity index (χ4n) is 3.75. The Kier molecular flexibility index (Phi) is 8.72. The largest absolute Gasteiger partial charge is 0.448 e. The molecule has 1 aliphatic rings. The minimum Gasteiger partial charge on any atom is -0.448 e. The molecule has 2 atom stereocenters. The van der Waals surface area contributed by atoms with Crippen LogP contribution in [-0.4, -0.2) is 54.7 Å². The lowest BCUT2D eigenvalue weighted by Gasteiger charge is -2.41. The summed E-state index contributed by atoms with van der Waals surface area (Å²) in [7, 11) is 0. The van der Waals surface area contributed by atoms with Crippen molar-refractivity contribution in [3.05, 3.63) is 71.8 Å². The standard InChI is InChI=1S/C25H35N3O2/c1-3-21(2)16-26-25(29)30-20-24-19-27(17-22-10-6-4-7-11-22)14-15-28(24)18-23-12-8-5-9-13-23/h4-13,21,24H,3,14-20H2,1-2H3,(H,26,29). The minimum atomic E-state index is -0.310. The van der Waals surface area contributed by atoms with Crippen LogP contribution in [0.1, 0.15) is 31.4 Å². The third-order valence-corrected chi connectivity index (χ3v) is 5.86. The number of piperazine rings is 1. The van der Waals surface area contributed by atoms with Gasteiger partial charge in [-0.05, 0) is 17.0 Å². The van der Waals surface area contributed by atoms with Crippen LogP contribution in [0.4, 0.5) is 4.79 Å². The van der Waals surface area contributed by atoms with Crippen LogP contribution in [0, 0.1) is 5.92 Å². The lowest BCUT2D eigenvalue weighted by molar-refractivity contribution is 0.0231. The molecule has 3 rings (SSSR count). The van der Waals surface area contributed by atoms with Crippen LogP contribution < -0.4 is 5.32 Å². The Morgan fingerprint density at radius 1 is 1.03 bits per heavy atom. The summed E-state index contributed by atoms with van der Waals surface area (Å²) in [4.78, 5) is 17.1. The Hall–Kier alpha value is -2.37. The Bertz CT molecular complexity index is 754. The van der Waals surface area contributed by atoms with Crippen molar-refractivity contribution in [2.45, 2.75) is 39.4 Å². The molecule has 2 aromatic carbocycles. The van der Waals surface area contributed by atoms with Gasteiger partial charge in [-0.2, -0.15) is 0 Å². The lowest BCUT2D eigenvalue weighted by atomic mass is 10.1. The average Bonchev–Trinajstić information content (AvgIpc) is 2.78. The van der Waals surface area contributed by atoms with Crippen LogP contribution in [-0.2, 0) is 17.8 Å². The quantitative estimate of drug-likeness (QED) is 0.676. The molecule has 2 aromatic rings. The molecular formula is C25H35N3O2. The van der Waals surface area contributed by atoms with E-state index in [2.05, 4.69) is 83.6 Å². The fourth-order valence-corrected chi connectivity index (χ4v) is 3.75. The van der Waals surface area contributed by atoms with Crippen LogP contribution in [0.3, 0.4) is 0 Å². The third kappa shape index (κ3) is 7.15. The fraction of sp³-hybridized carbons (Fsp3) is 0.480. The van der Waals surface area contributed by atoms with Crippen molar-refractivity contribution in [1.82, 2.24) is 15.1 Å². The number of carbonyl (C=O) groups is 1. The zero-order chi connectivity index (χ0) is 21.2. The number of benzene rings is 2. The first-order chi connectivity index (χ1) is 14.6. The maximum atomic E-state index is 12.2. The molecule has 0 saturated carbocycles. The van der Waals surface area contributed by atoms with Crippen molar-refractivity contribution < 1.29 is 9.53 Å². The number of ether oxygens (including phenoxy) is 1. The first kappa shape index (κ1) is 22.3. The van der Waals surface area contributed by atoms with Gasteiger partial charge < -0.3 is 10.1 Å². The van der Waals surface area contributed by atoms with Gasteiger partial charge in [0.1, 0.15) is 6.61 Å². The average molecular weight is 410 g/mol. The molecule has 30 heavy (non-hydrogen) atoms. The van der Waals surface area contributed by atoms with E-state index < -0.39 is 0 Å². The molecule has 0 radical (unpaired) electrons. The SMILES string of the molecule is CCC(C)CNC(=O)OCC1CN(Cc2ccccc2)CCN1Cc1ccccc1. The molecule has 0 spiro atoms. The van der Waals surface area contributed by atoms with Gasteiger partial charge in [0.25, 0.3) is 0 Å². The van der Waals surface area contributed by atoms with E-state index in [4.69, 9.17) is 4.74 Å². The number of nitrogens with one attached hydrogen (secondary N) is 1. The van der Waals surface area contributed by atoms with Gasteiger partial charge in [0.15, 0.2) is 0 Å². The van der Waals surface area contributed by atoms with Crippen LogP contribution >= 0.6 is 0 Å². The maximum absolute atomic E-state index is 12.2. The van der Waals surface area contributed by atoms with E-state index in [9.17, 15) is 4.79 Å². The van der Waals surface area contributed by atoms with E-state index in [0.29, 0.717) is 19.1 Å². The van der Waals surface area contributed by atoms with E-state index in [1.54, 1.807) is 0 Å². The van der Waals surface area contributed by atoms with E-state index >= 15 is 0 Å². The topological polar surface area (TPSA) is 44.8 Å². The van der Waals surface area contributed by atoms with Crippen LogP contribution in [0.5, 0.6) is 0 Å². The van der Waals surface area contributed by atoms with Crippen LogP contribution in [0.15, 0.2) is 60.7 Å². The second-order valence-electron chi connectivity index (χ2n) is 8.32. The number of rotatable bonds is 9. The van der Waals surface area contributed by atoms with Gasteiger partial charge >= 0.3 is 6.09 Å². The zero-order valence-corrected chi connectivity index (χ0v) is 18.3. The highest BCUT2D eigenvalue weighted by Crippen LogP contribution is 2.17. The highest BCUT2D eigenvalue weighted by molar-refractivity contribution is 5.67. The predicted molar refractivity (Wildman–Crippen MR) is 121 cm³/mol. The number of alkyl carbamates (subject to hydrolysis) is 1. The minimum absolute atomic E-state index is 0.178. The van der Waals surface area contributed by atoms with Crippen LogP contribution in [0.2, 0.25) is 0 Å². The van der Waals surface area contributed by atoms with E-state index in [1.807, 2.05) is 6.07 Å². The first-order valence-corrected chi connectivity index (χ1v) is 11.1. The Morgan fingerprint density at radius 3 is 2.30 bits per heavy atom. The van der Waals surface area contributed by atoms with E-state index in [-0.39, 0.29) is 12.1 Å². The summed E-state index contributed by atoms with van der Waals surface area (Å²) in [6, 6.07) is 21.3. The van der Waals surface area contributed by atoms with Crippen molar-refractivity contribution in [3.8, 4) is 0 Å². The molecule has 1 amide bonds. The molecule has 0 bridgehead atoms. The molecule has 5 nitrogen and oxygen atoms in total. The predicted octanol–water partition coefficient (Wildman–Crippen LogP) is 4.15. The van der Waals surface area contributed by atoms with Gasteiger partial charge in [0.05, 0.1) is 6.04 Å². The zero-order valence-electron chi connectivity index (χ0n) is 18.3. The van der Waals surface area contributed by atoms with E-state index in [1.165, 1.54) is 11.1 Å². The molecule has 1 fully saturated rings. The summed E-state index contributed by atoms with van der Waals surface area (Å²) >= 11 is 0. The second kappa shape index (κ2) is 11.7. The Labute approximate surface area is 181 Å². The number of hydrogen-bond donors (Lipinski definition) is 1. The van der Waals surface area contributed by atoms with Crippen molar-refractivity contribution in [2.75, 3.05) is 32.8 Å². The number of carbonyl (C=O) groups excluding carboxylic acids is 1. The molecule has 1 N–H and O–H groups in total. The molecule has 5 heteroatoms. The summed E-state index contributed by atoms with van der Waals surface area (Å²) in [5.41, 5.74) is 2.61.